The SMILES string of the molecule is CN1CCC(CNC(=O)c2cc(F)c(NN)c(F)c2)CC1. The number of amides is 1. The lowest BCUT2D eigenvalue weighted by Gasteiger charge is -2.28. The fraction of sp³-hybridized carbons (Fsp3) is 0.500. The van der Waals surface area contributed by atoms with Gasteiger partial charge in [-0.1, -0.05) is 0 Å². The molecular weight excluding hydrogens is 278 g/mol. The zero-order valence-corrected chi connectivity index (χ0v) is 12.0. The van der Waals surface area contributed by atoms with Crippen LogP contribution in [0.3, 0.4) is 0 Å². The summed E-state index contributed by atoms with van der Waals surface area (Å²) >= 11 is 0. The lowest BCUT2D eigenvalue weighted by Crippen LogP contribution is -2.36. The van der Waals surface area contributed by atoms with E-state index in [0.717, 1.165) is 38.1 Å². The number of nitrogens with two attached hydrogens (primary N) is 1. The van der Waals surface area contributed by atoms with Crippen molar-refractivity contribution < 1.29 is 13.6 Å². The molecule has 0 saturated carbocycles. The molecule has 0 aromatic heterocycles. The molecule has 1 amide bonds. The molecule has 116 valence electrons. The van der Waals surface area contributed by atoms with E-state index in [1.807, 2.05) is 5.43 Å². The van der Waals surface area contributed by atoms with Crippen LogP contribution < -0.4 is 16.6 Å². The van der Waals surface area contributed by atoms with Crippen LogP contribution in [-0.4, -0.2) is 37.5 Å². The van der Waals surface area contributed by atoms with Gasteiger partial charge in [-0.25, -0.2) is 8.78 Å². The molecule has 0 unspecified atom stereocenters. The lowest BCUT2D eigenvalue weighted by atomic mass is 9.97. The van der Waals surface area contributed by atoms with Crippen LogP contribution in [-0.2, 0) is 0 Å². The number of nitrogen functional groups attached to an aromatic ring is 1. The number of benzene rings is 1. The average Bonchev–Trinajstić information content (AvgIpc) is 2.46. The van der Waals surface area contributed by atoms with Gasteiger partial charge in [0.15, 0.2) is 11.6 Å². The van der Waals surface area contributed by atoms with Crippen molar-refractivity contribution in [1.29, 1.82) is 0 Å². The first-order chi connectivity index (χ1) is 10.0. The second-order valence-corrected chi connectivity index (χ2v) is 5.42. The smallest absolute Gasteiger partial charge is 0.251 e. The number of carbonyl (C=O) groups is 1. The van der Waals surface area contributed by atoms with Crippen LogP contribution in [0.5, 0.6) is 0 Å². The third-order valence-corrected chi connectivity index (χ3v) is 3.84. The zero-order valence-electron chi connectivity index (χ0n) is 12.0. The molecule has 0 spiro atoms. The predicted octanol–water partition coefficient (Wildman–Crippen LogP) is 1.32. The fourth-order valence-electron chi connectivity index (χ4n) is 2.45. The maximum Gasteiger partial charge on any atom is 0.251 e. The number of halogens is 2. The van der Waals surface area contributed by atoms with Gasteiger partial charge < -0.3 is 15.6 Å². The summed E-state index contributed by atoms with van der Waals surface area (Å²) in [5.41, 5.74) is 1.44. The highest BCUT2D eigenvalue weighted by molar-refractivity contribution is 5.94. The summed E-state index contributed by atoms with van der Waals surface area (Å²) in [6, 6.07) is 1.95. The van der Waals surface area contributed by atoms with Gasteiger partial charge in [0.1, 0.15) is 5.69 Å². The van der Waals surface area contributed by atoms with E-state index in [9.17, 15) is 13.6 Å². The number of hydrogen-bond acceptors (Lipinski definition) is 4. The molecule has 1 aromatic rings. The maximum absolute atomic E-state index is 13.5. The molecule has 0 aliphatic carbocycles. The number of piperidine rings is 1. The summed E-state index contributed by atoms with van der Waals surface area (Å²) in [7, 11) is 2.06. The molecule has 2 rings (SSSR count). The third-order valence-electron chi connectivity index (χ3n) is 3.84. The molecule has 1 aliphatic heterocycles. The number of nitrogens with zero attached hydrogens (tertiary/aromatic N) is 1. The van der Waals surface area contributed by atoms with E-state index in [2.05, 4.69) is 17.3 Å². The monoisotopic (exact) mass is 298 g/mol. The number of rotatable bonds is 4. The van der Waals surface area contributed by atoms with Gasteiger partial charge in [0.05, 0.1) is 0 Å². The topological polar surface area (TPSA) is 70.4 Å². The highest BCUT2D eigenvalue weighted by Crippen LogP contribution is 2.20. The Morgan fingerprint density at radius 3 is 2.43 bits per heavy atom. The summed E-state index contributed by atoms with van der Waals surface area (Å²) in [4.78, 5) is 14.2. The molecule has 1 aliphatic rings. The Morgan fingerprint density at radius 1 is 1.33 bits per heavy atom. The molecule has 0 bridgehead atoms. The minimum Gasteiger partial charge on any atom is -0.352 e. The Kier molecular flexibility index (Phi) is 5.08. The molecule has 4 N–H and O–H groups in total. The van der Waals surface area contributed by atoms with E-state index in [1.54, 1.807) is 0 Å². The van der Waals surface area contributed by atoms with Crippen LogP contribution in [0, 0.1) is 17.6 Å². The van der Waals surface area contributed by atoms with E-state index in [0.29, 0.717) is 12.5 Å². The molecular formula is C14H20F2N4O. The van der Waals surface area contributed by atoms with Crippen molar-refractivity contribution in [1.82, 2.24) is 10.2 Å². The number of carbonyl (C=O) groups excluding carboxylic acids is 1. The first-order valence-electron chi connectivity index (χ1n) is 6.93. The molecule has 0 radical (unpaired) electrons. The minimum absolute atomic E-state index is 0.0445. The maximum atomic E-state index is 13.5. The van der Waals surface area contributed by atoms with E-state index in [4.69, 9.17) is 5.84 Å². The second-order valence-electron chi connectivity index (χ2n) is 5.42. The second kappa shape index (κ2) is 6.82. The molecule has 1 fully saturated rings. The van der Waals surface area contributed by atoms with Gasteiger partial charge >= 0.3 is 0 Å². The van der Waals surface area contributed by atoms with Crippen molar-refractivity contribution in [3.63, 3.8) is 0 Å². The number of nitrogens with one attached hydrogen (secondary N) is 2. The van der Waals surface area contributed by atoms with Crippen LogP contribution in [0.4, 0.5) is 14.5 Å². The van der Waals surface area contributed by atoms with Crippen LogP contribution in [0.2, 0.25) is 0 Å². The summed E-state index contributed by atoms with van der Waals surface area (Å²) < 4.78 is 27.1. The largest absolute Gasteiger partial charge is 0.352 e. The first-order valence-corrected chi connectivity index (χ1v) is 6.93. The third kappa shape index (κ3) is 3.89. The summed E-state index contributed by atoms with van der Waals surface area (Å²) in [6.45, 7) is 2.52. The minimum atomic E-state index is -0.887. The molecule has 5 nitrogen and oxygen atoms in total. The van der Waals surface area contributed by atoms with E-state index in [1.165, 1.54) is 0 Å². The van der Waals surface area contributed by atoms with Crippen molar-refractivity contribution in [3.05, 3.63) is 29.3 Å². The van der Waals surface area contributed by atoms with Gasteiger partial charge in [0.25, 0.3) is 5.91 Å². The number of hydrogen-bond donors (Lipinski definition) is 3. The van der Waals surface area contributed by atoms with Gasteiger partial charge in [-0.05, 0) is 51.0 Å². The summed E-state index contributed by atoms with van der Waals surface area (Å²) in [5.74, 6) is 3.17. The van der Waals surface area contributed by atoms with E-state index >= 15 is 0 Å². The Morgan fingerprint density at radius 2 is 1.90 bits per heavy atom. The zero-order chi connectivity index (χ0) is 15.4. The van der Waals surface area contributed by atoms with Crippen molar-refractivity contribution in [3.8, 4) is 0 Å². The number of anilines is 1. The van der Waals surface area contributed by atoms with E-state index in [-0.39, 0.29) is 5.56 Å². The molecule has 21 heavy (non-hydrogen) atoms. The normalized spacial score (nSPS) is 16.8. The van der Waals surface area contributed by atoms with Crippen molar-refractivity contribution in [2.75, 3.05) is 32.1 Å². The van der Waals surface area contributed by atoms with Gasteiger partial charge in [0.2, 0.25) is 0 Å². The fourth-order valence-corrected chi connectivity index (χ4v) is 2.45. The summed E-state index contributed by atoms with van der Waals surface area (Å²) in [6.07, 6.45) is 2.02. The first kappa shape index (κ1) is 15.7. The quantitative estimate of drug-likeness (QED) is 0.579. The van der Waals surface area contributed by atoms with Gasteiger partial charge in [-0.2, -0.15) is 0 Å². The van der Waals surface area contributed by atoms with Gasteiger partial charge in [-0.3, -0.25) is 10.6 Å². The van der Waals surface area contributed by atoms with Crippen molar-refractivity contribution >= 4 is 11.6 Å². The Labute approximate surface area is 122 Å². The van der Waals surface area contributed by atoms with Crippen LogP contribution in [0.15, 0.2) is 12.1 Å². The van der Waals surface area contributed by atoms with Crippen LogP contribution in [0.25, 0.3) is 0 Å². The number of hydrazine groups is 1. The van der Waals surface area contributed by atoms with E-state index < -0.39 is 23.2 Å². The Balaban J connectivity index is 1.94. The van der Waals surface area contributed by atoms with Crippen molar-refractivity contribution in [2.24, 2.45) is 11.8 Å². The molecule has 1 heterocycles. The highest BCUT2D eigenvalue weighted by atomic mass is 19.1. The Bertz CT molecular complexity index is 493. The molecule has 0 atom stereocenters. The molecule has 1 saturated heterocycles. The summed E-state index contributed by atoms with van der Waals surface area (Å²) in [5, 5.41) is 2.73. The number of likely N-dealkylation sites (tertiary alicyclic amines) is 1. The predicted molar refractivity (Wildman–Crippen MR) is 76.7 cm³/mol. The lowest BCUT2D eigenvalue weighted by molar-refractivity contribution is 0.0938. The van der Waals surface area contributed by atoms with Crippen molar-refractivity contribution in [2.45, 2.75) is 12.8 Å². The van der Waals surface area contributed by atoms with Gasteiger partial charge in [-0.15, -0.1) is 0 Å². The average molecular weight is 298 g/mol. The molecule has 1 aromatic carbocycles. The molecule has 7 heteroatoms. The standard InChI is InChI=1S/C14H20F2N4O/c1-20-4-2-9(3-5-20)8-18-14(21)10-6-11(15)13(19-17)12(16)7-10/h6-7,9,19H,2-5,8,17H2,1H3,(H,18,21). The van der Waals surface area contributed by atoms with Crippen LogP contribution in [0.1, 0.15) is 23.2 Å². The highest BCUT2D eigenvalue weighted by Gasteiger charge is 2.19. The van der Waals surface area contributed by atoms with Gasteiger partial charge in [0, 0.05) is 12.1 Å². The van der Waals surface area contributed by atoms with Crippen LogP contribution >= 0.6 is 0 Å². The Hall–Kier alpha value is -1.73.